The monoisotopic (exact) mass is 540 g/mol. The van der Waals surface area contributed by atoms with E-state index in [4.69, 9.17) is 0 Å². The van der Waals surface area contributed by atoms with Gasteiger partial charge in [-0.15, -0.1) is 0 Å². The van der Waals surface area contributed by atoms with Crippen LogP contribution in [0.2, 0.25) is 0 Å². The Morgan fingerprint density at radius 2 is 1.05 bits per heavy atom. The van der Waals surface area contributed by atoms with E-state index in [0.717, 1.165) is 6.42 Å². The molecule has 2 heteroatoms. The van der Waals surface area contributed by atoms with Crippen LogP contribution in [0, 0.1) is 0 Å². The number of hydrogen-bond donors (Lipinski definition) is 0. The summed E-state index contributed by atoms with van der Waals surface area (Å²) >= 11 is 0. The second-order valence-corrected chi connectivity index (χ2v) is 11.2. The molecule has 8 rings (SSSR count). The van der Waals surface area contributed by atoms with Crippen molar-refractivity contribution in [3.63, 3.8) is 0 Å². The van der Waals surface area contributed by atoms with Gasteiger partial charge in [0.25, 0.3) is 0 Å². The third-order valence-electron chi connectivity index (χ3n) is 8.72. The molecule has 2 aromatic heterocycles. The van der Waals surface area contributed by atoms with Crippen molar-refractivity contribution in [2.45, 2.75) is 26.2 Å². The smallest absolute Gasteiger partial charge is 0.0641 e. The van der Waals surface area contributed by atoms with E-state index in [9.17, 15) is 0 Å². The quantitative estimate of drug-likeness (QED) is 0.198. The highest BCUT2D eigenvalue weighted by Gasteiger charge is 2.20. The minimum atomic E-state index is 1.15. The third-order valence-corrected chi connectivity index (χ3v) is 8.72. The second kappa shape index (κ2) is 10.1. The summed E-state index contributed by atoms with van der Waals surface area (Å²) in [5.41, 5.74) is 11.2. The van der Waals surface area contributed by atoms with Crippen LogP contribution in [-0.2, 0) is 6.42 Å². The lowest BCUT2D eigenvalue weighted by Crippen LogP contribution is -1.95. The summed E-state index contributed by atoms with van der Waals surface area (Å²) in [5.74, 6) is 0. The maximum Gasteiger partial charge on any atom is 0.0641 e. The number of aromatic nitrogens is 2. The van der Waals surface area contributed by atoms with Gasteiger partial charge in [0.15, 0.2) is 0 Å². The van der Waals surface area contributed by atoms with E-state index in [-0.39, 0.29) is 0 Å². The van der Waals surface area contributed by atoms with Crippen molar-refractivity contribution in [3.05, 3.63) is 145 Å². The molecule has 0 aliphatic rings. The number of rotatable bonds is 6. The molecule has 42 heavy (non-hydrogen) atoms. The van der Waals surface area contributed by atoms with Gasteiger partial charge in [0.2, 0.25) is 0 Å². The van der Waals surface area contributed by atoms with Crippen molar-refractivity contribution in [1.29, 1.82) is 0 Å². The average Bonchev–Trinajstić information content (AvgIpc) is 3.57. The number of unbranched alkanes of at least 4 members (excludes halogenated alkanes) is 1. The third kappa shape index (κ3) is 3.87. The summed E-state index contributed by atoms with van der Waals surface area (Å²) in [7, 11) is 0. The van der Waals surface area contributed by atoms with Gasteiger partial charge >= 0.3 is 0 Å². The maximum atomic E-state index is 2.46. The Balaban J connectivity index is 1.37. The molecule has 202 valence electrons. The highest BCUT2D eigenvalue weighted by Crippen LogP contribution is 2.42. The predicted octanol–water partition coefficient (Wildman–Crippen LogP) is 10.9. The zero-order valence-corrected chi connectivity index (χ0v) is 23.8. The lowest BCUT2D eigenvalue weighted by Gasteiger charge is -2.11. The van der Waals surface area contributed by atoms with E-state index in [1.54, 1.807) is 0 Å². The number of para-hydroxylation sites is 3. The van der Waals surface area contributed by atoms with Gasteiger partial charge in [0, 0.05) is 32.9 Å². The van der Waals surface area contributed by atoms with Crippen LogP contribution in [0.1, 0.15) is 25.3 Å². The van der Waals surface area contributed by atoms with Gasteiger partial charge in [-0.2, -0.15) is 0 Å². The molecule has 0 radical (unpaired) electrons. The minimum absolute atomic E-state index is 1.15. The van der Waals surface area contributed by atoms with E-state index in [2.05, 4.69) is 156 Å². The molecule has 0 aliphatic heterocycles. The summed E-state index contributed by atoms with van der Waals surface area (Å²) in [4.78, 5) is 0. The Kier molecular flexibility index (Phi) is 5.93. The number of nitrogens with zero attached hydrogens (tertiary/aromatic N) is 2. The zero-order chi connectivity index (χ0) is 28.0. The van der Waals surface area contributed by atoms with Crippen LogP contribution in [0.25, 0.3) is 66.1 Å². The molecule has 0 bridgehead atoms. The molecule has 0 aliphatic carbocycles. The van der Waals surface area contributed by atoms with E-state index in [1.807, 2.05) is 0 Å². The highest BCUT2D eigenvalue weighted by molar-refractivity contribution is 6.26. The van der Waals surface area contributed by atoms with Gasteiger partial charge in [-0.05, 0) is 72.0 Å². The molecule has 2 heterocycles. The van der Waals surface area contributed by atoms with Crippen LogP contribution in [0.5, 0.6) is 0 Å². The number of fused-ring (bicyclic) bond motifs is 7. The number of benzene rings is 6. The van der Waals surface area contributed by atoms with Crippen molar-refractivity contribution in [2.24, 2.45) is 0 Å². The van der Waals surface area contributed by atoms with Crippen molar-refractivity contribution in [3.8, 4) is 22.5 Å². The first-order valence-corrected chi connectivity index (χ1v) is 15.0. The van der Waals surface area contributed by atoms with Crippen molar-refractivity contribution < 1.29 is 0 Å². The molecule has 0 fully saturated rings. The van der Waals surface area contributed by atoms with E-state index in [0.29, 0.717) is 0 Å². The van der Waals surface area contributed by atoms with Crippen LogP contribution in [0.15, 0.2) is 140 Å². The summed E-state index contributed by atoms with van der Waals surface area (Å²) < 4.78 is 4.87. The van der Waals surface area contributed by atoms with Crippen LogP contribution in [-0.4, -0.2) is 9.13 Å². The first kappa shape index (κ1) is 24.7. The Labute approximate surface area is 246 Å². The van der Waals surface area contributed by atoms with Crippen LogP contribution in [0.3, 0.4) is 0 Å². The topological polar surface area (TPSA) is 9.86 Å². The fraction of sp³-hybridized carbons (Fsp3) is 0.100. The fourth-order valence-electron chi connectivity index (χ4n) is 6.68. The maximum absolute atomic E-state index is 2.46. The molecule has 0 saturated heterocycles. The highest BCUT2D eigenvalue weighted by atomic mass is 15.0. The zero-order valence-electron chi connectivity index (χ0n) is 23.8. The summed E-state index contributed by atoms with van der Waals surface area (Å²) in [5, 5.41) is 5.11. The Hall–Kier alpha value is -5.08. The van der Waals surface area contributed by atoms with E-state index in [1.165, 1.54) is 84.5 Å². The molecule has 0 unspecified atom stereocenters. The molecule has 0 spiro atoms. The molecule has 6 aromatic carbocycles. The molecule has 0 amide bonds. The first-order chi connectivity index (χ1) is 20.8. The molecule has 0 saturated carbocycles. The largest absolute Gasteiger partial charge is 0.309 e. The van der Waals surface area contributed by atoms with Gasteiger partial charge in [-0.3, -0.25) is 0 Å². The Bertz CT molecular complexity index is 2200. The van der Waals surface area contributed by atoms with Gasteiger partial charge in [0.05, 0.1) is 22.1 Å². The second-order valence-electron chi connectivity index (χ2n) is 11.2. The molecule has 0 atom stereocenters. The normalized spacial score (nSPS) is 11.7. The summed E-state index contributed by atoms with van der Waals surface area (Å²) in [6, 6.07) is 51.1. The van der Waals surface area contributed by atoms with Gasteiger partial charge in [-0.25, -0.2) is 0 Å². The van der Waals surface area contributed by atoms with Gasteiger partial charge in [-0.1, -0.05) is 110 Å². The minimum Gasteiger partial charge on any atom is -0.309 e. The number of hydrogen-bond acceptors (Lipinski definition) is 0. The van der Waals surface area contributed by atoms with Crippen LogP contribution < -0.4 is 0 Å². The average molecular weight is 541 g/mol. The standard InChI is InChI=1S/C40H32N2/c1-2-3-11-28-18-20-29(21-19-28)30-22-24-32(25-23-30)42-36-16-9-7-14-33(36)34-26-27-38-39(40(34)42)35-15-8-10-17-37(35)41(38)31-12-5-4-6-13-31/h4-10,12-27H,2-3,11H2,1H3. The summed E-state index contributed by atoms with van der Waals surface area (Å²) in [6.07, 6.45) is 3.62. The fourth-order valence-corrected chi connectivity index (χ4v) is 6.68. The molecule has 8 aromatic rings. The van der Waals surface area contributed by atoms with Crippen molar-refractivity contribution in [1.82, 2.24) is 9.13 Å². The van der Waals surface area contributed by atoms with Gasteiger partial charge < -0.3 is 9.13 Å². The van der Waals surface area contributed by atoms with Gasteiger partial charge in [0.1, 0.15) is 0 Å². The Morgan fingerprint density at radius 1 is 0.452 bits per heavy atom. The van der Waals surface area contributed by atoms with E-state index >= 15 is 0 Å². The van der Waals surface area contributed by atoms with E-state index < -0.39 is 0 Å². The molecular formula is C40H32N2. The lowest BCUT2D eigenvalue weighted by molar-refractivity contribution is 0.795. The van der Waals surface area contributed by atoms with Crippen molar-refractivity contribution in [2.75, 3.05) is 0 Å². The SMILES string of the molecule is CCCCc1ccc(-c2ccc(-n3c4ccccc4c4ccc5c(c6ccccc6n5-c5ccccc5)c43)cc2)cc1. The van der Waals surface area contributed by atoms with Crippen molar-refractivity contribution >= 4 is 43.6 Å². The predicted molar refractivity (Wildman–Crippen MR) is 179 cm³/mol. The lowest BCUT2D eigenvalue weighted by atomic mass is 10.0. The molecule has 2 nitrogen and oxygen atoms in total. The first-order valence-electron chi connectivity index (χ1n) is 15.0. The number of aryl methyl sites for hydroxylation is 1. The Morgan fingerprint density at radius 3 is 1.76 bits per heavy atom. The van der Waals surface area contributed by atoms with Crippen LogP contribution >= 0.6 is 0 Å². The summed E-state index contributed by atoms with van der Waals surface area (Å²) in [6.45, 7) is 2.25. The molecule has 0 N–H and O–H groups in total. The molecular weight excluding hydrogens is 508 g/mol. The van der Waals surface area contributed by atoms with Crippen LogP contribution in [0.4, 0.5) is 0 Å².